The summed E-state index contributed by atoms with van der Waals surface area (Å²) in [5, 5.41) is 0. The van der Waals surface area contributed by atoms with Crippen LogP contribution in [0.5, 0.6) is 0 Å². The summed E-state index contributed by atoms with van der Waals surface area (Å²) in [5.74, 6) is 0. The summed E-state index contributed by atoms with van der Waals surface area (Å²) >= 11 is 0. The van der Waals surface area contributed by atoms with Crippen molar-refractivity contribution < 1.29 is 13.2 Å². The van der Waals surface area contributed by atoms with E-state index in [4.69, 9.17) is 4.99 Å². The topological polar surface area (TPSA) is 28.1 Å². The lowest BCUT2D eigenvalue weighted by atomic mass is 9.85. The molecule has 0 fully saturated rings. The summed E-state index contributed by atoms with van der Waals surface area (Å²) in [7, 11) is 0. The third kappa shape index (κ3) is 8.15. The first-order chi connectivity index (χ1) is 24.6. The van der Waals surface area contributed by atoms with Gasteiger partial charge in [0.05, 0.1) is 17.1 Å². The number of aryl methyl sites for hydroxylation is 2. The van der Waals surface area contributed by atoms with E-state index in [-0.39, 0.29) is 22.7 Å². The van der Waals surface area contributed by atoms with Gasteiger partial charge in [-0.15, -0.1) is 0 Å². The molecular weight excluding hydrogens is 662 g/mol. The maximum atomic E-state index is 14.2. The Labute approximate surface area is 314 Å². The molecular formula is C48H53F3N2. The molecule has 0 radical (unpaired) electrons. The molecule has 0 unspecified atom stereocenters. The Kier molecular flexibility index (Phi) is 9.81. The second-order valence-electron chi connectivity index (χ2n) is 17.8. The van der Waals surface area contributed by atoms with Gasteiger partial charge in [0.1, 0.15) is 0 Å². The van der Waals surface area contributed by atoms with Gasteiger partial charge < -0.3 is 4.98 Å². The zero-order valence-electron chi connectivity index (χ0n) is 33.2. The highest BCUT2D eigenvalue weighted by atomic mass is 19.4. The molecule has 0 atom stereocenters. The van der Waals surface area contributed by atoms with E-state index < -0.39 is 12.6 Å². The first-order valence-corrected chi connectivity index (χ1v) is 18.7. The molecule has 0 amide bonds. The average molecular weight is 715 g/mol. The maximum absolute atomic E-state index is 14.2. The Bertz CT molecular complexity index is 2190. The molecule has 1 N–H and O–H groups in total. The van der Waals surface area contributed by atoms with Crippen molar-refractivity contribution >= 4 is 17.0 Å². The second-order valence-corrected chi connectivity index (χ2v) is 17.8. The molecule has 1 aliphatic heterocycles. The number of fused-ring (bicyclic) bond motifs is 1. The van der Waals surface area contributed by atoms with Crippen LogP contribution in [0, 0.1) is 13.8 Å². The van der Waals surface area contributed by atoms with Gasteiger partial charge in [0, 0.05) is 39.9 Å². The Balaban J connectivity index is 1.63. The number of hydrogen-bond acceptors (Lipinski definition) is 1. The van der Waals surface area contributed by atoms with Gasteiger partial charge in [0.15, 0.2) is 0 Å². The van der Waals surface area contributed by atoms with Crippen LogP contribution in [0.25, 0.3) is 33.7 Å². The number of aliphatic imine (C=N–C) groups is 1. The van der Waals surface area contributed by atoms with Crippen LogP contribution in [-0.2, 0) is 16.2 Å². The van der Waals surface area contributed by atoms with Gasteiger partial charge in [-0.05, 0) is 93.7 Å². The molecule has 1 aliphatic rings. The zero-order valence-corrected chi connectivity index (χ0v) is 33.2. The van der Waals surface area contributed by atoms with Crippen LogP contribution in [0.1, 0.15) is 125 Å². The van der Waals surface area contributed by atoms with Crippen LogP contribution in [0.4, 0.5) is 13.2 Å². The highest BCUT2D eigenvalue weighted by molar-refractivity contribution is 6.22. The minimum Gasteiger partial charge on any atom is -0.354 e. The van der Waals surface area contributed by atoms with Gasteiger partial charge in [-0.25, -0.2) is 4.99 Å². The number of H-pyrrole nitrogens is 1. The van der Waals surface area contributed by atoms with Crippen LogP contribution < -0.4 is 0 Å². The van der Waals surface area contributed by atoms with E-state index >= 15 is 0 Å². The predicted octanol–water partition coefficient (Wildman–Crippen LogP) is 13.9. The van der Waals surface area contributed by atoms with Gasteiger partial charge in [-0.1, -0.05) is 135 Å². The van der Waals surface area contributed by atoms with E-state index in [0.29, 0.717) is 17.0 Å². The van der Waals surface area contributed by atoms with Crippen LogP contribution in [0.3, 0.4) is 0 Å². The number of nitrogens with zero attached hydrogens (tertiary/aromatic N) is 1. The van der Waals surface area contributed by atoms with E-state index in [0.717, 1.165) is 55.9 Å². The van der Waals surface area contributed by atoms with E-state index in [1.807, 2.05) is 0 Å². The molecule has 0 spiro atoms. The van der Waals surface area contributed by atoms with Gasteiger partial charge >= 0.3 is 6.18 Å². The molecule has 2 heterocycles. The monoisotopic (exact) mass is 714 g/mol. The highest BCUT2D eigenvalue weighted by Gasteiger charge is 2.32. The van der Waals surface area contributed by atoms with E-state index in [1.54, 1.807) is 0 Å². The zero-order chi connectivity index (χ0) is 38.7. The molecule has 53 heavy (non-hydrogen) atoms. The Morgan fingerprint density at radius 1 is 0.547 bits per heavy atom. The fraction of sp³-hybridized carbons (Fsp3) is 0.354. The lowest BCUT2D eigenvalue weighted by Crippen LogP contribution is -2.11. The number of halogens is 3. The highest BCUT2D eigenvalue weighted by Crippen LogP contribution is 2.45. The largest absolute Gasteiger partial charge is 0.389 e. The van der Waals surface area contributed by atoms with Crippen LogP contribution >= 0.6 is 0 Å². The number of nitrogens with one attached hydrogen (secondary N) is 1. The summed E-state index contributed by atoms with van der Waals surface area (Å²) in [6, 6.07) is 31.7. The molecule has 2 nitrogen and oxygen atoms in total. The van der Waals surface area contributed by atoms with Crippen molar-refractivity contribution in [1.82, 2.24) is 4.98 Å². The lowest BCUT2D eigenvalue weighted by molar-refractivity contribution is -0.133. The van der Waals surface area contributed by atoms with Crippen molar-refractivity contribution in [2.45, 2.75) is 111 Å². The van der Waals surface area contributed by atoms with Crippen molar-refractivity contribution in [2.24, 2.45) is 4.99 Å². The van der Waals surface area contributed by atoms with Crippen LogP contribution in [-0.4, -0.2) is 16.9 Å². The number of rotatable bonds is 6. The molecule has 5 heteroatoms. The first kappa shape index (κ1) is 38.1. The molecule has 0 saturated heterocycles. The summed E-state index contributed by atoms with van der Waals surface area (Å²) in [6.45, 7) is 23.8. The third-order valence-electron chi connectivity index (χ3n) is 10.6. The molecule has 4 aromatic carbocycles. The predicted molar refractivity (Wildman–Crippen MR) is 218 cm³/mol. The summed E-state index contributed by atoms with van der Waals surface area (Å²) in [6.07, 6.45) is -5.53. The minimum absolute atomic E-state index is 0.0102. The smallest absolute Gasteiger partial charge is 0.354 e. The van der Waals surface area contributed by atoms with Crippen LogP contribution in [0.2, 0.25) is 0 Å². The number of hydrogen-bond donors (Lipinski definition) is 1. The quantitative estimate of drug-likeness (QED) is 0.181. The molecule has 0 bridgehead atoms. The van der Waals surface area contributed by atoms with Crippen molar-refractivity contribution in [3.8, 4) is 22.4 Å². The standard InChI is InChI=1S/C48H53F3N2/c1-29-26-39-40(27-30(29)2)44(53-42(39)33-16-22-36(23-17-33)47(9,10)11)37(24-25-48(49,50)51)43-38(31-12-18-34(19-13-31)45(3,4)5)28-41(52-43)32-14-20-35(21-15-32)46(6,7)8/h12-23,26-28,52H,24-25H2,1-11H3. The Morgan fingerprint density at radius 2 is 0.981 bits per heavy atom. The van der Waals surface area contributed by atoms with E-state index in [1.165, 1.54) is 16.7 Å². The third-order valence-corrected chi connectivity index (χ3v) is 10.6. The fourth-order valence-electron chi connectivity index (χ4n) is 7.02. The van der Waals surface area contributed by atoms with E-state index in [2.05, 4.69) is 172 Å². The maximum Gasteiger partial charge on any atom is 0.389 e. The molecule has 276 valence electrons. The molecule has 6 rings (SSSR count). The molecule has 5 aromatic rings. The van der Waals surface area contributed by atoms with Crippen LogP contribution in [0.15, 0.2) is 96.0 Å². The Morgan fingerprint density at radius 3 is 1.43 bits per heavy atom. The van der Waals surface area contributed by atoms with Crippen molar-refractivity contribution in [1.29, 1.82) is 0 Å². The molecule has 1 aromatic heterocycles. The van der Waals surface area contributed by atoms with Gasteiger partial charge in [-0.2, -0.15) is 13.2 Å². The average Bonchev–Trinajstić information content (AvgIpc) is 3.66. The van der Waals surface area contributed by atoms with Crippen molar-refractivity contribution in [3.63, 3.8) is 0 Å². The minimum atomic E-state index is -4.35. The SMILES string of the molecule is Cc1cc2c(cc1C)C(=C(CCC(F)(F)F)c1[nH]c(-c3ccc(C(C)(C)C)cc3)cc1-c1ccc(C(C)(C)C)cc1)N=C2c1ccc(C(C)(C)C)cc1. The van der Waals surface area contributed by atoms with Crippen molar-refractivity contribution in [3.05, 3.63) is 141 Å². The summed E-state index contributed by atoms with van der Waals surface area (Å²) in [4.78, 5) is 8.94. The number of alkyl halides is 3. The van der Waals surface area contributed by atoms with Crippen molar-refractivity contribution in [2.75, 3.05) is 0 Å². The summed E-state index contributed by atoms with van der Waals surface area (Å²) < 4.78 is 42.7. The second kappa shape index (κ2) is 13.6. The number of aromatic nitrogens is 1. The molecule has 0 saturated carbocycles. The number of allylic oxidation sites excluding steroid dienone is 1. The summed E-state index contributed by atoms with van der Waals surface area (Å²) in [5.41, 5.74) is 14.7. The lowest BCUT2D eigenvalue weighted by Gasteiger charge is -2.19. The normalized spacial score (nSPS) is 14.7. The molecule has 0 aliphatic carbocycles. The van der Waals surface area contributed by atoms with Gasteiger partial charge in [0.25, 0.3) is 0 Å². The van der Waals surface area contributed by atoms with Gasteiger partial charge in [-0.3, -0.25) is 0 Å². The first-order valence-electron chi connectivity index (χ1n) is 18.7. The van der Waals surface area contributed by atoms with Gasteiger partial charge in [0.2, 0.25) is 0 Å². The number of aromatic amines is 1. The van der Waals surface area contributed by atoms with E-state index in [9.17, 15) is 13.2 Å². The Hall–Kier alpha value is -4.64. The fourth-order valence-corrected chi connectivity index (χ4v) is 7.02. The number of benzene rings is 4.